The van der Waals surface area contributed by atoms with Gasteiger partial charge in [-0.2, -0.15) is 15.1 Å². The van der Waals surface area contributed by atoms with Crippen LogP contribution in [0, 0.1) is 18.6 Å². The number of benzene rings is 1. The first-order valence-electron chi connectivity index (χ1n) is 12.1. The number of nitrogens with zero attached hydrogens (tertiary/aromatic N) is 7. The van der Waals surface area contributed by atoms with Crippen LogP contribution in [0.2, 0.25) is 0 Å². The normalized spacial score (nSPS) is 18.5. The van der Waals surface area contributed by atoms with Crippen LogP contribution in [0.4, 0.5) is 26.2 Å². The maximum Gasteiger partial charge on any atom is 0.224 e. The molecule has 3 N–H and O–H groups in total. The van der Waals surface area contributed by atoms with Crippen molar-refractivity contribution in [2.24, 2.45) is 0 Å². The van der Waals surface area contributed by atoms with E-state index in [9.17, 15) is 13.9 Å². The average molecular weight is 533 g/mol. The Balaban J connectivity index is 0.00000320. The summed E-state index contributed by atoms with van der Waals surface area (Å²) in [4.78, 5) is 15.0. The maximum absolute atomic E-state index is 13.5. The number of anilines is 3. The zero-order chi connectivity index (χ0) is 25.2. The topological polar surface area (TPSA) is 99.6 Å². The second-order valence-electron chi connectivity index (χ2n) is 9.25. The predicted molar refractivity (Wildman–Crippen MR) is 142 cm³/mol. The molecule has 2 aliphatic rings. The molecule has 1 aromatic carbocycles. The molecule has 0 radical (unpaired) electrons. The number of β-amino-alcohol motifs (C(OH)–C–C–N with tert-alkyl or cyclic N) is 1. The minimum Gasteiger partial charge on any atom is -0.391 e. The van der Waals surface area contributed by atoms with Crippen LogP contribution in [-0.4, -0.2) is 81.7 Å². The predicted octanol–water partition coefficient (Wildman–Crippen LogP) is 2.66. The lowest BCUT2D eigenvalue weighted by atomic mass is 10.2. The van der Waals surface area contributed by atoms with Crippen LogP contribution in [0.3, 0.4) is 0 Å². The Labute approximate surface area is 220 Å². The van der Waals surface area contributed by atoms with Gasteiger partial charge in [0.15, 0.2) is 5.82 Å². The second-order valence-corrected chi connectivity index (χ2v) is 9.25. The molecule has 2 aliphatic heterocycles. The summed E-state index contributed by atoms with van der Waals surface area (Å²) in [6, 6.07) is 5.49. The minimum atomic E-state index is -0.554. The molecule has 9 nitrogen and oxygen atoms in total. The van der Waals surface area contributed by atoms with Gasteiger partial charge < -0.3 is 20.6 Å². The third-order valence-electron chi connectivity index (χ3n) is 6.71. The summed E-state index contributed by atoms with van der Waals surface area (Å²) in [5.41, 5.74) is 8.45. The number of rotatable bonds is 6. The lowest BCUT2D eigenvalue weighted by Crippen LogP contribution is -2.46. The molecule has 12 heteroatoms. The maximum atomic E-state index is 13.5. The van der Waals surface area contributed by atoms with Gasteiger partial charge in [-0.3, -0.25) is 4.90 Å². The number of aliphatic hydroxyl groups is 1. The molecule has 0 bridgehead atoms. The van der Waals surface area contributed by atoms with Crippen LogP contribution >= 0.6 is 12.4 Å². The lowest BCUT2D eigenvalue weighted by molar-refractivity contribution is 0.198. The quantitative estimate of drug-likeness (QED) is 0.500. The van der Waals surface area contributed by atoms with Gasteiger partial charge in [-0.05, 0) is 25.5 Å². The van der Waals surface area contributed by atoms with Crippen LogP contribution < -0.4 is 15.5 Å². The third kappa shape index (κ3) is 6.17. The van der Waals surface area contributed by atoms with Crippen LogP contribution in [0.25, 0.3) is 11.9 Å². The summed E-state index contributed by atoms with van der Waals surface area (Å²) in [6.45, 7) is 6.99. The van der Waals surface area contributed by atoms with Crippen molar-refractivity contribution in [2.45, 2.75) is 19.4 Å². The molecule has 0 saturated carbocycles. The molecule has 198 valence electrons. The van der Waals surface area contributed by atoms with E-state index in [0.717, 1.165) is 43.5 Å². The Hall–Kier alpha value is -3.28. The fourth-order valence-electron chi connectivity index (χ4n) is 4.72. The Morgan fingerprint density at radius 3 is 2.38 bits per heavy atom. The highest BCUT2D eigenvalue weighted by molar-refractivity contribution is 5.85. The Kier molecular flexibility index (Phi) is 8.25. The molecule has 37 heavy (non-hydrogen) atoms. The lowest BCUT2D eigenvalue weighted by Gasteiger charge is -2.35. The summed E-state index contributed by atoms with van der Waals surface area (Å²) in [5, 5.41) is 14.4. The molecular weight excluding hydrogens is 502 g/mol. The van der Waals surface area contributed by atoms with E-state index in [-0.39, 0.29) is 24.5 Å². The van der Waals surface area contributed by atoms with Crippen molar-refractivity contribution in [1.82, 2.24) is 24.6 Å². The van der Waals surface area contributed by atoms with E-state index in [2.05, 4.69) is 26.0 Å². The van der Waals surface area contributed by atoms with Gasteiger partial charge in [0.25, 0.3) is 0 Å². The number of piperazine rings is 1. The minimum absolute atomic E-state index is 0. The molecule has 0 unspecified atom stereocenters. The first-order valence-corrected chi connectivity index (χ1v) is 12.1. The number of nitrogens with two attached hydrogens (primary N) is 1. The fraction of sp³-hybridized carbons (Fsp3) is 0.400. The second kappa shape index (κ2) is 11.4. The van der Waals surface area contributed by atoms with Crippen molar-refractivity contribution >= 4 is 35.9 Å². The van der Waals surface area contributed by atoms with Crippen LogP contribution in [0.5, 0.6) is 0 Å². The number of nitrogen functional groups attached to an aromatic ring is 1. The molecule has 2 saturated heterocycles. The summed E-state index contributed by atoms with van der Waals surface area (Å²) in [7, 11) is 0. The van der Waals surface area contributed by atoms with E-state index < -0.39 is 11.6 Å². The van der Waals surface area contributed by atoms with Crippen molar-refractivity contribution in [3.63, 3.8) is 0 Å². The molecule has 2 fully saturated rings. The van der Waals surface area contributed by atoms with Crippen molar-refractivity contribution in [1.29, 1.82) is 0 Å². The highest BCUT2D eigenvalue weighted by Crippen LogP contribution is 2.23. The molecular formula is C25H31ClF2N8O. The smallest absolute Gasteiger partial charge is 0.224 e. The summed E-state index contributed by atoms with van der Waals surface area (Å²) < 4.78 is 28.8. The largest absolute Gasteiger partial charge is 0.391 e. The molecule has 1 atom stereocenters. The summed E-state index contributed by atoms with van der Waals surface area (Å²) >= 11 is 0. The molecule has 2 aromatic heterocycles. The monoisotopic (exact) mass is 532 g/mol. The Bertz CT molecular complexity index is 1240. The number of halogens is 3. The van der Waals surface area contributed by atoms with Gasteiger partial charge in [0.05, 0.1) is 18.0 Å². The van der Waals surface area contributed by atoms with Gasteiger partial charge in [0, 0.05) is 69.2 Å². The van der Waals surface area contributed by atoms with Crippen LogP contribution in [-0.2, 0) is 0 Å². The van der Waals surface area contributed by atoms with Crippen LogP contribution in [0.15, 0.2) is 36.5 Å². The Morgan fingerprint density at radius 2 is 1.70 bits per heavy atom. The molecule has 4 heterocycles. The number of aliphatic hydroxyl groups excluding tert-OH is 1. The van der Waals surface area contributed by atoms with Gasteiger partial charge in [-0.15, -0.1) is 12.4 Å². The standard InChI is InChI=1S/C25H30F2N8O.ClH/c1-17-18(3-2-5-32-7-9-33(10-8-32)21-12-19(26)11-20(27)13-21)15-29-35(17)24-14-23(30-25(28)31-24)34-6-4-22(36)16-34;/h2-3,11-15,22,36H,4-10,16H2,1H3,(H2,28,30,31);1H/t22-;/m1./s1. The molecule has 5 rings (SSSR count). The van der Waals surface area contributed by atoms with E-state index in [0.29, 0.717) is 43.4 Å². The molecule has 3 aromatic rings. The molecule has 0 spiro atoms. The highest BCUT2D eigenvalue weighted by Gasteiger charge is 2.23. The van der Waals surface area contributed by atoms with E-state index in [1.807, 2.05) is 28.9 Å². The average Bonchev–Trinajstić information content (AvgIpc) is 3.44. The zero-order valence-electron chi connectivity index (χ0n) is 20.6. The first kappa shape index (κ1) is 26.8. The highest BCUT2D eigenvalue weighted by atomic mass is 35.5. The SMILES string of the molecule is Cc1c(C=CCN2CCN(c3cc(F)cc(F)c3)CC2)cnn1-c1cc(N2CC[C@@H](O)C2)nc(N)n1.Cl. The summed E-state index contributed by atoms with van der Waals surface area (Å²) in [6.07, 6.45) is 6.26. The number of hydrogen-bond acceptors (Lipinski definition) is 8. The van der Waals surface area contributed by atoms with Crippen LogP contribution in [0.1, 0.15) is 17.7 Å². The number of aromatic nitrogens is 4. The van der Waals surface area contributed by atoms with Gasteiger partial charge >= 0.3 is 0 Å². The van der Waals surface area contributed by atoms with E-state index in [1.165, 1.54) is 12.1 Å². The van der Waals surface area contributed by atoms with Crippen molar-refractivity contribution in [3.8, 4) is 5.82 Å². The molecule has 0 aliphatic carbocycles. The number of hydrogen-bond donors (Lipinski definition) is 2. The van der Waals surface area contributed by atoms with E-state index >= 15 is 0 Å². The van der Waals surface area contributed by atoms with Crippen molar-refractivity contribution in [3.05, 3.63) is 59.4 Å². The van der Waals surface area contributed by atoms with Crippen molar-refractivity contribution < 1.29 is 13.9 Å². The third-order valence-corrected chi connectivity index (χ3v) is 6.71. The Morgan fingerprint density at radius 1 is 1.00 bits per heavy atom. The van der Waals surface area contributed by atoms with Gasteiger partial charge in [0.1, 0.15) is 17.5 Å². The molecule has 0 amide bonds. The summed E-state index contributed by atoms with van der Waals surface area (Å²) in [5.74, 6) is 0.321. The zero-order valence-corrected chi connectivity index (χ0v) is 21.4. The van der Waals surface area contributed by atoms with Gasteiger partial charge in [0.2, 0.25) is 5.95 Å². The van der Waals surface area contributed by atoms with Crippen molar-refractivity contribution in [2.75, 3.05) is 61.3 Å². The van der Waals surface area contributed by atoms with Gasteiger partial charge in [-0.1, -0.05) is 12.2 Å². The first-order chi connectivity index (χ1) is 17.4. The van der Waals surface area contributed by atoms with E-state index in [4.69, 9.17) is 5.73 Å². The van der Waals surface area contributed by atoms with Gasteiger partial charge in [-0.25, -0.2) is 13.5 Å². The fourth-order valence-corrected chi connectivity index (χ4v) is 4.72. The van der Waals surface area contributed by atoms with E-state index in [1.54, 1.807) is 10.9 Å².